The van der Waals surface area contributed by atoms with Crippen molar-refractivity contribution in [2.45, 2.75) is 19.4 Å². The summed E-state index contributed by atoms with van der Waals surface area (Å²) in [6.45, 7) is 3.51. The van der Waals surface area contributed by atoms with Crippen LogP contribution in [-0.4, -0.2) is 56.0 Å². The lowest BCUT2D eigenvalue weighted by atomic mass is 10.1. The van der Waals surface area contributed by atoms with Crippen molar-refractivity contribution in [1.82, 2.24) is 9.80 Å². The molecule has 0 spiro atoms. The van der Waals surface area contributed by atoms with Crippen LogP contribution >= 0.6 is 0 Å². The Morgan fingerprint density at radius 1 is 1.38 bits per heavy atom. The van der Waals surface area contributed by atoms with E-state index in [0.29, 0.717) is 13.0 Å². The third-order valence-electron chi connectivity index (χ3n) is 2.30. The molecule has 1 atom stereocenters. The smallest absolute Gasteiger partial charge is 0.223 e. The summed E-state index contributed by atoms with van der Waals surface area (Å²) in [6, 6.07) is 0.167. The quantitative estimate of drug-likeness (QED) is 0.645. The molecule has 0 aromatic rings. The fourth-order valence-corrected chi connectivity index (χ4v) is 1.06. The first-order valence-corrected chi connectivity index (χ1v) is 4.63. The number of nitrogens with two attached hydrogens (primary N) is 1. The highest BCUT2D eigenvalue weighted by Gasteiger charge is 2.16. The number of hydrogen-bond acceptors (Lipinski definition) is 3. The van der Waals surface area contributed by atoms with Crippen LogP contribution in [0.1, 0.15) is 13.3 Å². The van der Waals surface area contributed by atoms with Gasteiger partial charge in [0.1, 0.15) is 0 Å². The maximum absolute atomic E-state index is 11.4. The highest BCUT2D eigenvalue weighted by molar-refractivity contribution is 5.76. The molecule has 0 saturated carbocycles. The van der Waals surface area contributed by atoms with Gasteiger partial charge in [0.05, 0.1) is 0 Å². The van der Waals surface area contributed by atoms with Crippen LogP contribution < -0.4 is 5.73 Å². The van der Waals surface area contributed by atoms with Crippen LogP contribution in [0, 0.1) is 0 Å². The Morgan fingerprint density at radius 2 is 1.92 bits per heavy atom. The predicted molar refractivity (Wildman–Crippen MR) is 54.5 cm³/mol. The topological polar surface area (TPSA) is 49.6 Å². The van der Waals surface area contributed by atoms with Crippen molar-refractivity contribution >= 4 is 5.91 Å². The Kier molecular flexibility index (Phi) is 5.66. The van der Waals surface area contributed by atoms with E-state index in [-0.39, 0.29) is 11.9 Å². The third-order valence-corrected chi connectivity index (χ3v) is 2.30. The van der Waals surface area contributed by atoms with Crippen molar-refractivity contribution < 1.29 is 4.79 Å². The summed E-state index contributed by atoms with van der Waals surface area (Å²) in [7, 11) is 5.52. The molecule has 0 heterocycles. The van der Waals surface area contributed by atoms with E-state index in [4.69, 9.17) is 5.73 Å². The van der Waals surface area contributed by atoms with Crippen LogP contribution in [0.3, 0.4) is 0 Å². The minimum atomic E-state index is 0.135. The molecule has 4 heteroatoms. The normalized spacial score (nSPS) is 13.1. The zero-order valence-corrected chi connectivity index (χ0v) is 9.08. The van der Waals surface area contributed by atoms with Gasteiger partial charge in [-0.05, 0) is 13.6 Å². The molecule has 78 valence electrons. The van der Waals surface area contributed by atoms with Crippen LogP contribution in [0.2, 0.25) is 0 Å². The lowest BCUT2D eigenvalue weighted by Gasteiger charge is -2.26. The average Bonchev–Trinajstić information content (AvgIpc) is 2.12. The van der Waals surface area contributed by atoms with E-state index >= 15 is 0 Å². The number of likely N-dealkylation sites (N-methyl/N-ethyl adjacent to an activating group) is 1. The fraction of sp³-hybridized carbons (Fsp3) is 0.889. The highest BCUT2D eigenvalue weighted by atomic mass is 16.2. The van der Waals surface area contributed by atoms with Gasteiger partial charge < -0.3 is 15.5 Å². The summed E-state index contributed by atoms with van der Waals surface area (Å²) in [5, 5.41) is 0. The number of nitrogens with zero attached hydrogens (tertiary/aromatic N) is 2. The Bertz CT molecular complexity index is 159. The first-order chi connectivity index (χ1) is 6.02. The predicted octanol–water partition coefficient (Wildman–Crippen LogP) is -0.256. The molecule has 4 nitrogen and oxygen atoms in total. The maximum atomic E-state index is 11.4. The molecule has 0 aromatic heterocycles. The zero-order valence-electron chi connectivity index (χ0n) is 9.08. The largest absolute Gasteiger partial charge is 0.349 e. The second-order valence-corrected chi connectivity index (χ2v) is 3.46. The maximum Gasteiger partial charge on any atom is 0.223 e. The second kappa shape index (κ2) is 5.94. The van der Waals surface area contributed by atoms with E-state index in [1.807, 2.05) is 7.05 Å². The molecule has 0 aliphatic rings. The van der Waals surface area contributed by atoms with Gasteiger partial charge in [0, 0.05) is 33.1 Å². The van der Waals surface area contributed by atoms with Gasteiger partial charge in [-0.1, -0.05) is 6.92 Å². The molecule has 2 N–H and O–H groups in total. The Hall–Kier alpha value is -0.610. The Balaban J connectivity index is 4.05. The molecule has 1 amide bonds. The van der Waals surface area contributed by atoms with Crippen LogP contribution in [0.4, 0.5) is 0 Å². The van der Waals surface area contributed by atoms with Gasteiger partial charge in [0.15, 0.2) is 0 Å². The van der Waals surface area contributed by atoms with Gasteiger partial charge in [-0.3, -0.25) is 4.79 Å². The van der Waals surface area contributed by atoms with Crippen molar-refractivity contribution in [2.24, 2.45) is 5.73 Å². The SMILES string of the molecule is CCN(C)C(CN)CC(=O)N(C)C. The second-order valence-electron chi connectivity index (χ2n) is 3.46. The lowest BCUT2D eigenvalue weighted by molar-refractivity contribution is -0.129. The zero-order chi connectivity index (χ0) is 10.4. The number of rotatable bonds is 5. The lowest BCUT2D eigenvalue weighted by Crippen LogP contribution is -2.41. The molecule has 0 radical (unpaired) electrons. The minimum Gasteiger partial charge on any atom is -0.349 e. The molecule has 0 rings (SSSR count). The van der Waals surface area contributed by atoms with E-state index in [2.05, 4.69) is 11.8 Å². The van der Waals surface area contributed by atoms with Crippen molar-refractivity contribution in [3.05, 3.63) is 0 Å². The van der Waals surface area contributed by atoms with Crippen LogP contribution in [0.25, 0.3) is 0 Å². The highest BCUT2D eigenvalue weighted by Crippen LogP contribution is 2.01. The van der Waals surface area contributed by atoms with E-state index < -0.39 is 0 Å². The van der Waals surface area contributed by atoms with Gasteiger partial charge >= 0.3 is 0 Å². The van der Waals surface area contributed by atoms with Crippen molar-refractivity contribution in [1.29, 1.82) is 0 Å². The van der Waals surface area contributed by atoms with E-state index in [1.54, 1.807) is 19.0 Å². The average molecular weight is 187 g/mol. The van der Waals surface area contributed by atoms with Gasteiger partial charge in [0.2, 0.25) is 5.91 Å². The Morgan fingerprint density at radius 3 is 2.23 bits per heavy atom. The minimum absolute atomic E-state index is 0.135. The monoisotopic (exact) mass is 187 g/mol. The summed E-state index contributed by atoms with van der Waals surface area (Å²) in [5.41, 5.74) is 5.59. The van der Waals surface area contributed by atoms with E-state index in [1.165, 1.54) is 0 Å². The summed E-state index contributed by atoms with van der Waals surface area (Å²) in [6.07, 6.45) is 0.508. The molecular weight excluding hydrogens is 166 g/mol. The summed E-state index contributed by atoms with van der Waals surface area (Å²) in [5.74, 6) is 0.135. The van der Waals surface area contributed by atoms with Gasteiger partial charge in [0.25, 0.3) is 0 Å². The number of hydrogen-bond donors (Lipinski definition) is 1. The van der Waals surface area contributed by atoms with Crippen molar-refractivity contribution in [3.63, 3.8) is 0 Å². The van der Waals surface area contributed by atoms with Crippen LogP contribution in [-0.2, 0) is 4.79 Å². The summed E-state index contributed by atoms with van der Waals surface area (Å²) >= 11 is 0. The van der Waals surface area contributed by atoms with Gasteiger partial charge in [-0.15, -0.1) is 0 Å². The molecule has 0 bridgehead atoms. The van der Waals surface area contributed by atoms with Gasteiger partial charge in [-0.2, -0.15) is 0 Å². The summed E-state index contributed by atoms with van der Waals surface area (Å²) in [4.78, 5) is 15.1. The molecular formula is C9H21N3O. The number of amides is 1. The number of carbonyl (C=O) groups excluding carboxylic acids is 1. The fourth-order valence-electron chi connectivity index (χ4n) is 1.06. The molecule has 0 fully saturated rings. The molecule has 0 aliphatic heterocycles. The van der Waals surface area contributed by atoms with Crippen molar-refractivity contribution in [3.8, 4) is 0 Å². The molecule has 0 saturated heterocycles. The van der Waals surface area contributed by atoms with Crippen LogP contribution in [0.5, 0.6) is 0 Å². The van der Waals surface area contributed by atoms with E-state index in [0.717, 1.165) is 6.54 Å². The summed E-state index contributed by atoms with van der Waals surface area (Å²) < 4.78 is 0. The molecule has 13 heavy (non-hydrogen) atoms. The first-order valence-electron chi connectivity index (χ1n) is 4.63. The molecule has 1 unspecified atom stereocenters. The number of carbonyl (C=O) groups is 1. The van der Waals surface area contributed by atoms with E-state index in [9.17, 15) is 4.79 Å². The standard InChI is InChI=1S/C9H21N3O/c1-5-12(4)8(7-10)6-9(13)11(2)3/h8H,5-7,10H2,1-4H3. The Labute approximate surface area is 80.7 Å². The molecule has 0 aliphatic carbocycles. The van der Waals surface area contributed by atoms with Gasteiger partial charge in [-0.25, -0.2) is 0 Å². The molecule has 0 aromatic carbocycles. The third kappa shape index (κ3) is 4.24. The van der Waals surface area contributed by atoms with Crippen LogP contribution in [0.15, 0.2) is 0 Å². The first kappa shape index (κ1) is 12.4. The van der Waals surface area contributed by atoms with Crippen molar-refractivity contribution in [2.75, 3.05) is 34.2 Å².